The number of rotatable bonds is 4. The number of nitrogen functional groups attached to an aromatic ring is 1. The topological polar surface area (TPSA) is 111 Å². The molecule has 0 saturated carbocycles. The van der Waals surface area contributed by atoms with Crippen LogP contribution >= 0.6 is 0 Å². The van der Waals surface area contributed by atoms with E-state index >= 15 is 0 Å². The molecule has 112 valence electrons. The predicted octanol–water partition coefficient (Wildman–Crippen LogP) is 1.69. The van der Waals surface area contributed by atoms with Crippen LogP contribution in [0.1, 0.15) is 19.7 Å². The molecule has 0 aliphatic carbocycles. The molecule has 0 radical (unpaired) electrons. The minimum atomic E-state index is -3.42. The quantitative estimate of drug-likeness (QED) is 0.884. The number of aryl methyl sites for hydroxylation is 1. The van der Waals surface area contributed by atoms with Crippen molar-refractivity contribution in [2.24, 2.45) is 0 Å². The largest absolute Gasteiger partial charge is 0.379 e. The average Bonchev–Trinajstić information content (AvgIpc) is 2.43. The maximum atomic E-state index is 12.4. The van der Waals surface area contributed by atoms with Crippen LogP contribution < -0.4 is 11.1 Å². The van der Waals surface area contributed by atoms with Gasteiger partial charge in [-0.25, -0.2) is 13.4 Å². The summed E-state index contributed by atoms with van der Waals surface area (Å²) in [6.07, 6.45) is 0. The van der Waals surface area contributed by atoms with Crippen molar-refractivity contribution in [1.82, 2.24) is 15.2 Å². The van der Waals surface area contributed by atoms with E-state index in [1.165, 1.54) is 0 Å². The molecule has 1 aromatic carbocycles. The minimum absolute atomic E-state index is 0.109. The Labute approximate surface area is 123 Å². The zero-order valence-electron chi connectivity index (χ0n) is 12.0. The van der Waals surface area contributed by atoms with Gasteiger partial charge in [-0.15, -0.1) is 10.2 Å². The highest BCUT2D eigenvalue weighted by molar-refractivity contribution is 7.92. The Hall–Kier alpha value is -2.22. The lowest BCUT2D eigenvalue weighted by molar-refractivity contribution is 0.588. The highest BCUT2D eigenvalue weighted by atomic mass is 32.2. The summed E-state index contributed by atoms with van der Waals surface area (Å²) in [6.45, 7) is 4.95. The number of hydrogen-bond acceptors (Lipinski definition) is 7. The molecule has 0 aliphatic heterocycles. The highest BCUT2D eigenvalue weighted by Crippen LogP contribution is 2.28. The van der Waals surface area contributed by atoms with Gasteiger partial charge in [0.1, 0.15) is 5.82 Å². The lowest BCUT2D eigenvalue weighted by Gasteiger charge is -2.14. The Balaban J connectivity index is 2.49. The van der Waals surface area contributed by atoms with Crippen LogP contribution in [0.2, 0.25) is 0 Å². The maximum absolute atomic E-state index is 12.4. The number of nitrogens with one attached hydrogen (secondary N) is 1. The van der Waals surface area contributed by atoms with Crippen molar-refractivity contribution in [3.05, 3.63) is 30.1 Å². The zero-order chi connectivity index (χ0) is 15.6. The highest BCUT2D eigenvalue weighted by Gasteiger charge is 2.23. The predicted molar refractivity (Wildman–Crippen MR) is 81.0 cm³/mol. The number of anilines is 3. The first kappa shape index (κ1) is 15.2. The van der Waals surface area contributed by atoms with E-state index in [1.54, 1.807) is 45.0 Å². The summed E-state index contributed by atoms with van der Waals surface area (Å²) in [5, 5.41) is 9.89. The molecule has 3 N–H and O–H groups in total. The molecule has 0 aliphatic rings. The average molecular weight is 307 g/mol. The summed E-state index contributed by atoms with van der Waals surface area (Å²) < 4.78 is 24.8. The Bertz CT molecular complexity index is 759. The van der Waals surface area contributed by atoms with Gasteiger partial charge in [0.25, 0.3) is 0 Å². The third kappa shape index (κ3) is 3.10. The Morgan fingerprint density at radius 3 is 2.52 bits per heavy atom. The van der Waals surface area contributed by atoms with Crippen molar-refractivity contribution in [2.45, 2.75) is 30.9 Å². The van der Waals surface area contributed by atoms with Gasteiger partial charge in [-0.05, 0) is 32.9 Å². The van der Waals surface area contributed by atoms with Gasteiger partial charge in [-0.2, -0.15) is 0 Å². The SMILES string of the molecule is Cc1nnc(N)c(Nc2ccccc2S(=O)(=O)C(C)C)n1. The van der Waals surface area contributed by atoms with Crippen molar-refractivity contribution in [1.29, 1.82) is 0 Å². The lowest BCUT2D eigenvalue weighted by atomic mass is 10.3. The normalized spacial score (nSPS) is 11.6. The molecule has 0 unspecified atom stereocenters. The Morgan fingerprint density at radius 2 is 1.86 bits per heavy atom. The monoisotopic (exact) mass is 307 g/mol. The van der Waals surface area contributed by atoms with Crippen LogP contribution in [-0.2, 0) is 9.84 Å². The smallest absolute Gasteiger partial charge is 0.189 e. The molecule has 1 aromatic heterocycles. The summed E-state index contributed by atoms with van der Waals surface area (Å²) in [6, 6.07) is 6.62. The number of para-hydroxylation sites is 1. The molecule has 0 saturated heterocycles. The van der Waals surface area contributed by atoms with Crippen LogP contribution in [0.3, 0.4) is 0 Å². The minimum Gasteiger partial charge on any atom is -0.379 e. The van der Waals surface area contributed by atoms with E-state index < -0.39 is 15.1 Å². The van der Waals surface area contributed by atoms with E-state index in [1.807, 2.05) is 0 Å². The van der Waals surface area contributed by atoms with Crippen molar-refractivity contribution >= 4 is 27.2 Å². The molecule has 0 spiro atoms. The molecule has 0 atom stereocenters. The fourth-order valence-electron chi connectivity index (χ4n) is 1.71. The molecule has 2 rings (SSSR count). The molecule has 8 heteroatoms. The van der Waals surface area contributed by atoms with E-state index in [2.05, 4.69) is 20.5 Å². The number of aromatic nitrogens is 3. The summed E-state index contributed by atoms with van der Waals surface area (Å²) in [5.41, 5.74) is 6.12. The van der Waals surface area contributed by atoms with Gasteiger partial charge in [0.2, 0.25) is 0 Å². The second-order valence-electron chi connectivity index (χ2n) is 4.81. The van der Waals surface area contributed by atoms with Gasteiger partial charge in [0.15, 0.2) is 21.5 Å². The first-order chi connectivity index (χ1) is 9.82. The van der Waals surface area contributed by atoms with Gasteiger partial charge in [-0.3, -0.25) is 0 Å². The van der Waals surface area contributed by atoms with Crippen LogP contribution in [0.15, 0.2) is 29.2 Å². The molecule has 1 heterocycles. The van der Waals surface area contributed by atoms with Crippen molar-refractivity contribution in [3.8, 4) is 0 Å². The molecular formula is C13H17N5O2S. The van der Waals surface area contributed by atoms with Gasteiger partial charge >= 0.3 is 0 Å². The summed E-state index contributed by atoms with van der Waals surface area (Å²) in [7, 11) is -3.42. The van der Waals surface area contributed by atoms with Crippen molar-refractivity contribution in [3.63, 3.8) is 0 Å². The standard InChI is InChI=1S/C13H17N5O2S/c1-8(2)21(19,20)11-7-5-4-6-10(11)16-13-12(14)18-17-9(3)15-13/h4-8H,1-3H3,(H2,14,18)(H,15,16,17). The number of sulfone groups is 1. The Kier molecular flexibility index (Phi) is 4.08. The van der Waals surface area contributed by atoms with Crippen LogP contribution in [0, 0.1) is 6.92 Å². The van der Waals surface area contributed by atoms with Crippen LogP contribution in [0.4, 0.5) is 17.3 Å². The van der Waals surface area contributed by atoms with Crippen LogP contribution in [0.25, 0.3) is 0 Å². The van der Waals surface area contributed by atoms with Gasteiger partial charge in [0.05, 0.1) is 15.8 Å². The third-order valence-corrected chi connectivity index (χ3v) is 5.10. The summed E-state index contributed by atoms with van der Waals surface area (Å²) >= 11 is 0. The van der Waals surface area contributed by atoms with Gasteiger partial charge in [-0.1, -0.05) is 12.1 Å². The van der Waals surface area contributed by atoms with Crippen LogP contribution in [0.5, 0.6) is 0 Å². The zero-order valence-corrected chi connectivity index (χ0v) is 12.8. The fourth-order valence-corrected chi connectivity index (χ4v) is 2.91. The number of benzene rings is 1. The molecule has 0 amide bonds. The van der Waals surface area contributed by atoms with E-state index in [-0.39, 0.29) is 16.5 Å². The van der Waals surface area contributed by atoms with Crippen molar-refractivity contribution < 1.29 is 8.42 Å². The second-order valence-corrected chi connectivity index (χ2v) is 7.28. The fraction of sp³-hybridized carbons (Fsp3) is 0.308. The third-order valence-electron chi connectivity index (χ3n) is 2.89. The number of nitrogens with two attached hydrogens (primary N) is 1. The molecule has 0 bridgehead atoms. The molecule has 2 aromatic rings. The van der Waals surface area contributed by atoms with Gasteiger partial charge in [0, 0.05) is 0 Å². The lowest BCUT2D eigenvalue weighted by Crippen LogP contribution is -2.16. The first-order valence-corrected chi connectivity index (χ1v) is 7.93. The second kappa shape index (κ2) is 5.65. The van der Waals surface area contributed by atoms with E-state index in [0.29, 0.717) is 11.5 Å². The first-order valence-electron chi connectivity index (χ1n) is 6.39. The van der Waals surface area contributed by atoms with Crippen molar-refractivity contribution in [2.75, 3.05) is 11.1 Å². The van der Waals surface area contributed by atoms with Gasteiger partial charge < -0.3 is 11.1 Å². The molecular weight excluding hydrogens is 290 g/mol. The van der Waals surface area contributed by atoms with E-state index in [9.17, 15) is 8.42 Å². The molecule has 21 heavy (non-hydrogen) atoms. The summed E-state index contributed by atoms with van der Waals surface area (Å²) in [4.78, 5) is 4.34. The molecule has 7 nitrogen and oxygen atoms in total. The van der Waals surface area contributed by atoms with Crippen LogP contribution in [-0.4, -0.2) is 28.8 Å². The maximum Gasteiger partial charge on any atom is 0.189 e. The Morgan fingerprint density at radius 1 is 1.19 bits per heavy atom. The van der Waals surface area contributed by atoms with E-state index in [0.717, 1.165) is 0 Å². The number of nitrogens with zero attached hydrogens (tertiary/aromatic N) is 3. The summed E-state index contributed by atoms with van der Waals surface area (Å²) in [5.74, 6) is 0.835. The van der Waals surface area contributed by atoms with E-state index in [4.69, 9.17) is 5.73 Å². The molecule has 0 fully saturated rings. The number of hydrogen-bond donors (Lipinski definition) is 2.